The number of nitriles is 1. The zero-order valence-electron chi connectivity index (χ0n) is 10.9. The van der Waals surface area contributed by atoms with Gasteiger partial charge in [0.15, 0.2) is 0 Å². The summed E-state index contributed by atoms with van der Waals surface area (Å²) in [6.45, 7) is 0. The standard InChI is InChI=1S/C14H14ClN3OS/c15-8-13-17-14-10(9-16)2-1-3-12(14)18(13)11-4-6-20(19)7-5-11/h1-3,11H,4-8H2. The van der Waals surface area contributed by atoms with Gasteiger partial charge in [-0.05, 0) is 25.0 Å². The molecule has 3 rings (SSSR count). The molecule has 0 atom stereocenters. The van der Waals surface area contributed by atoms with Gasteiger partial charge in [0.2, 0.25) is 0 Å². The number of alkyl halides is 1. The largest absolute Gasteiger partial charge is 0.324 e. The molecule has 2 aromatic rings. The normalized spacial score (nSPS) is 22.8. The summed E-state index contributed by atoms with van der Waals surface area (Å²) in [7, 11) is -0.690. The van der Waals surface area contributed by atoms with Gasteiger partial charge in [-0.1, -0.05) is 6.07 Å². The Hall–Kier alpha value is -1.38. The molecule has 0 amide bonds. The predicted octanol–water partition coefficient (Wildman–Crippen LogP) is 2.73. The highest BCUT2D eigenvalue weighted by Crippen LogP contribution is 2.30. The molecule has 1 fully saturated rings. The zero-order valence-corrected chi connectivity index (χ0v) is 12.5. The number of hydrogen-bond acceptors (Lipinski definition) is 3. The maximum atomic E-state index is 11.5. The van der Waals surface area contributed by atoms with Crippen LogP contribution in [0.2, 0.25) is 0 Å². The van der Waals surface area contributed by atoms with E-state index in [1.54, 1.807) is 6.07 Å². The van der Waals surface area contributed by atoms with Crippen molar-refractivity contribution in [3.05, 3.63) is 29.6 Å². The second-order valence-electron chi connectivity index (χ2n) is 4.90. The summed E-state index contributed by atoms with van der Waals surface area (Å²) in [6, 6.07) is 8.08. The molecule has 6 heteroatoms. The first-order valence-electron chi connectivity index (χ1n) is 6.55. The quantitative estimate of drug-likeness (QED) is 0.802. The van der Waals surface area contributed by atoms with E-state index in [9.17, 15) is 9.47 Å². The van der Waals surface area contributed by atoms with E-state index in [-0.39, 0.29) is 6.04 Å². The van der Waals surface area contributed by atoms with E-state index in [1.165, 1.54) is 0 Å². The Morgan fingerprint density at radius 3 is 2.85 bits per heavy atom. The van der Waals surface area contributed by atoms with Crippen LogP contribution in [-0.2, 0) is 16.7 Å². The van der Waals surface area contributed by atoms with Crippen LogP contribution in [-0.4, -0.2) is 25.3 Å². The summed E-state index contributed by atoms with van der Waals surface area (Å²) in [5.41, 5.74) is 2.25. The van der Waals surface area contributed by atoms with Crippen molar-refractivity contribution in [2.75, 3.05) is 11.5 Å². The van der Waals surface area contributed by atoms with Crippen molar-refractivity contribution in [1.82, 2.24) is 9.55 Å². The summed E-state index contributed by atoms with van der Waals surface area (Å²) < 4.78 is 13.7. The van der Waals surface area contributed by atoms with Crippen LogP contribution in [0.5, 0.6) is 0 Å². The fourth-order valence-electron chi connectivity index (χ4n) is 2.80. The van der Waals surface area contributed by atoms with Crippen molar-refractivity contribution in [2.45, 2.75) is 24.8 Å². The Balaban J connectivity index is 2.14. The second-order valence-corrected chi connectivity index (χ2v) is 6.86. The second kappa shape index (κ2) is 5.55. The summed E-state index contributed by atoms with van der Waals surface area (Å²) in [5.74, 6) is 2.56. The van der Waals surface area contributed by atoms with Gasteiger partial charge in [0.25, 0.3) is 0 Å². The van der Waals surface area contributed by atoms with E-state index >= 15 is 0 Å². The number of aromatic nitrogens is 2. The van der Waals surface area contributed by atoms with Crippen molar-refractivity contribution >= 4 is 33.4 Å². The summed E-state index contributed by atoms with van der Waals surface area (Å²) >= 11 is 6.02. The first kappa shape index (κ1) is 13.6. The number of benzene rings is 1. The molecule has 4 nitrogen and oxygen atoms in total. The highest BCUT2D eigenvalue weighted by molar-refractivity contribution is 7.85. The monoisotopic (exact) mass is 307 g/mol. The molecule has 0 radical (unpaired) electrons. The van der Waals surface area contributed by atoms with Gasteiger partial charge in [-0.2, -0.15) is 5.26 Å². The van der Waals surface area contributed by atoms with Gasteiger partial charge in [-0.15, -0.1) is 11.6 Å². The molecule has 0 unspecified atom stereocenters. The summed E-state index contributed by atoms with van der Waals surface area (Å²) in [4.78, 5) is 4.53. The molecule has 1 aliphatic rings. The molecule has 2 heterocycles. The molecular formula is C14H14ClN3OS. The molecule has 0 saturated carbocycles. The van der Waals surface area contributed by atoms with Gasteiger partial charge in [0.05, 0.1) is 17.0 Å². The van der Waals surface area contributed by atoms with E-state index in [0.29, 0.717) is 11.4 Å². The lowest BCUT2D eigenvalue weighted by molar-refractivity contribution is 0.462. The Morgan fingerprint density at radius 2 is 2.20 bits per heavy atom. The molecule has 20 heavy (non-hydrogen) atoms. The molecule has 0 spiro atoms. The smallest absolute Gasteiger partial charge is 0.125 e. The number of fused-ring (bicyclic) bond motifs is 1. The van der Waals surface area contributed by atoms with E-state index < -0.39 is 10.8 Å². The highest BCUT2D eigenvalue weighted by atomic mass is 35.5. The third-order valence-electron chi connectivity index (χ3n) is 3.76. The molecule has 1 aromatic carbocycles. The van der Waals surface area contributed by atoms with Gasteiger partial charge < -0.3 is 4.57 Å². The molecule has 104 valence electrons. The van der Waals surface area contributed by atoms with Gasteiger partial charge >= 0.3 is 0 Å². The Kier molecular flexibility index (Phi) is 3.77. The van der Waals surface area contributed by atoms with Crippen molar-refractivity contribution in [2.24, 2.45) is 0 Å². The van der Waals surface area contributed by atoms with Gasteiger partial charge in [-0.25, -0.2) is 4.98 Å². The maximum absolute atomic E-state index is 11.5. The van der Waals surface area contributed by atoms with Gasteiger partial charge in [0.1, 0.15) is 17.4 Å². The zero-order chi connectivity index (χ0) is 14.1. The molecular weight excluding hydrogens is 294 g/mol. The molecule has 0 bridgehead atoms. The molecule has 1 saturated heterocycles. The molecule has 0 N–H and O–H groups in total. The number of para-hydroxylation sites is 1. The van der Waals surface area contributed by atoms with Crippen molar-refractivity contribution in [1.29, 1.82) is 5.26 Å². The molecule has 1 aliphatic heterocycles. The highest BCUT2D eigenvalue weighted by Gasteiger charge is 2.24. The molecule has 1 aromatic heterocycles. The van der Waals surface area contributed by atoms with Crippen molar-refractivity contribution in [3.8, 4) is 6.07 Å². The number of rotatable bonds is 2. The van der Waals surface area contributed by atoms with Gasteiger partial charge in [0, 0.05) is 28.3 Å². The third kappa shape index (κ3) is 2.23. The Labute approximate surface area is 124 Å². The summed E-state index contributed by atoms with van der Waals surface area (Å²) in [6.07, 6.45) is 1.75. The minimum atomic E-state index is -0.690. The van der Waals surface area contributed by atoms with E-state index in [4.69, 9.17) is 11.6 Å². The number of imidazole rings is 1. The minimum Gasteiger partial charge on any atom is -0.324 e. The van der Waals surface area contributed by atoms with Crippen LogP contribution >= 0.6 is 11.6 Å². The first-order chi connectivity index (χ1) is 9.74. The number of hydrogen-bond donors (Lipinski definition) is 0. The topological polar surface area (TPSA) is 58.7 Å². The number of nitrogens with zero attached hydrogens (tertiary/aromatic N) is 3. The Morgan fingerprint density at radius 1 is 1.45 bits per heavy atom. The van der Waals surface area contributed by atoms with Crippen LogP contribution in [0.1, 0.15) is 30.3 Å². The minimum absolute atomic E-state index is 0.278. The van der Waals surface area contributed by atoms with Crippen molar-refractivity contribution in [3.63, 3.8) is 0 Å². The third-order valence-corrected chi connectivity index (χ3v) is 5.38. The lowest BCUT2D eigenvalue weighted by atomic mass is 10.1. The lowest BCUT2D eigenvalue weighted by Gasteiger charge is -2.25. The summed E-state index contributed by atoms with van der Waals surface area (Å²) in [5, 5.41) is 9.18. The van der Waals surface area contributed by atoms with E-state index in [1.807, 2.05) is 12.1 Å². The maximum Gasteiger partial charge on any atom is 0.125 e. The van der Waals surface area contributed by atoms with Crippen LogP contribution in [0.3, 0.4) is 0 Å². The average molecular weight is 308 g/mol. The van der Waals surface area contributed by atoms with Crippen LogP contribution in [0, 0.1) is 11.3 Å². The van der Waals surface area contributed by atoms with Crippen LogP contribution < -0.4 is 0 Å². The SMILES string of the molecule is N#Cc1cccc2c1nc(CCl)n2C1CCS(=O)CC1. The van der Waals surface area contributed by atoms with Crippen LogP contribution in [0.4, 0.5) is 0 Å². The Bertz CT molecular complexity index is 709. The van der Waals surface area contributed by atoms with E-state index in [2.05, 4.69) is 15.6 Å². The van der Waals surface area contributed by atoms with E-state index in [0.717, 1.165) is 41.2 Å². The van der Waals surface area contributed by atoms with Crippen LogP contribution in [0.25, 0.3) is 11.0 Å². The van der Waals surface area contributed by atoms with Gasteiger partial charge in [-0.3, -0.25) is 4.21 Å². The fourth-order valence-corrected chi connectivity index (χ4v) is 4.26. The molecule has 0 aliphatic carbocycles. The fraction of sp³-hybridized carbons (Fsp3) is 0.429. The number of halogens is 1. The van der Waals surface area contributed by atoms with Crippen molar-refractivity contribution < 1.29 is 4.21 Å². The lowest BCUT2D eigenvalue weighted by Crippen LogP contribution is -2.22. The first-order valence-corrected chi connectivity index (χ1v) is 8.57. The predicted molar refractivity (Wildman–Crippen MR) is 80.2 cm³/mol. The average Bonchev–Trinajstić information content (AvgIpc) is 2.86. The van der Waals surface area contributed by atoms with Crippen LogP contribution in [0.15, 0.2) is 18.2 Å².